The van der Waals surface area contributed by atoms with E-state index in [0.29, 0.717) is 23.1 Å². The molecule has 0 saturated heterocycles. The second kappa shape index (κ2) is 10.2. The van der Waals surface area contributed by atoms with Gasteiger partial charge in [0.05, 0.1) is 7.11 Å². The average Bonchev–Trinajstić information content (AvgIpc) is 2.65. The fourth-order valence-corrected chi connectivity index (χ4v) is 2.92. The highest BCUT2D eigenvalue weighted by atomic mass is 35.5. The molecule has 0 bridgehead atoms. The Bertz CT molecular complexity index is 720. The van der Waals surface area contributed by atoms with Crippen molar-refractivity contribution < 1.29 is 14.6 Å². The zero-order valence-corrected chi connectivity index (χ0v) is 16.0. The molecule has 2 aromatic carbocycles. The number of allylic oxidation sites excluding steroid dienone is 1. The van der Waals surface area contributed by atoms with Crippen LogP contribution in [-0.2, 0) is 6.42 Å². The summed E-state index contributed by atoms with van der Waals surface area (Å²) in [4.78, 5) is 0. The van der Waals surface area contributed by atoms with Crippen molar-refractivity contribution >= 4 is 11.6 Å². The van der Waals surface area contributed by atoms with Crippen LogP contribution in [0.3, 0.4) is 0 Å². The molecule has 0 aliphatic rings. The zero-order chi connectivity index (χ0) is 18.9. The molecule has 0 saturated carbocycles. The van der Waals surface area contributed by atoms with Crippen molar-refractivity contribution in [1.29, 1.82) is 0 Å². The first-order chi connectivity index (χ1) is 12.5. The maximum absolute atomic E-state index is 10.2. The number of nitrogens with one attached hydrogen (secondary N) is 1. The van der Waals surface area contributed by atoms with Crippen molar-refractivity contribution in [2.45, 2.75) is 25.5 Å². The van der Waals surface area contributed by atoms with Crippen molar-refractivity contribution in [2.24, 2.45) is 0 Å². The van der Waals surface area contributed by atoms with E-state index in [2.05, 4.69) is 11.9 Å². The molecule has 0 aliphatic carbocycles. The lowest BCUT2D eigenvalue weighted by atomic mass is 10.1. The first-order valence-electron chi connectivity index (χ1n) is 8.61. The molecule has 0 amide bonds. The second-order valence-corrected chi connectivity index (χ2v) is 6.50. The van der Waals surface area contributed by atoms with Crippen LogP contribution in [0.15, 0.2) is 55.1 Å². The highest BCUT2D eigenvalue weighted by molar-refractivity contribution is 6.31. The number of benzene rings is 2. The van der Waals surface area contributed by atoms with E-state index in [4.69, 9.17) is 21.1 Å². The molecule has 0 aliphatic heterocycles. The highest BCUT2D eigenvalue weighted by Gasteiger charge is 2.13. The molecule has 2 aromatic rings. The van der Waals surface area contributed by atoms with Crippen LogP contribution in [-0.4, -0.2) is 31.5 Å². The van der Waals surface area contributed by atoms with E-state index in [1.165, 1.54) is 0 Å². The van der Waals surface area contributed by atoms with Crippen LogP contribution in [0, 0.1) is 0 Å². The number of methoxy groups -OCH3 is 1. The van der Waals surface area contributed by atoms with Crippen molar-refractivity contribution in [3.63, 3.8) is 0 Å². The number of halogens is 1. The van der Waals surface area contributed by atoms with E-state index >= 15 is 0 Å². The van der Waals surface area contributed by atoms with Gasteiger partial charge in [-0.1, -0.05) is 41.9 Å². The topological polar surface area (TPSA) is 50.7 Å². The number of ether oxygens (including phenoxy) is 2. The van der Waals surface area contributed by atoms with Gasteiger partial charge in [-0.25, -0.2) is 0 Å². The molecule has 2 rings (SSSR count). The molecular weight excluding hydrogens is 350 g/mol. The molecule has 0 spiro atoms. The van der Waals surface area contributed by atoms with Gasteiger partial charge in [0.15, 0.2) is 11.5 Å². The predicted octanol–water partition coefficient (Wildman–Crippen LogP) is 4.17. The maximum Gasteiger partial charge on any atom is 0.161 e. The minimum atomic E-state index is -0.655. The van der Waals surface area contributed by atoms with E-state index in [9.17, 15) is 5.11 Å². The minimum Gasteiger partial charge on any atom is -0.493 e. The Labute approximate surface area is 160 Å². The SMILES string of the molecule is C=CCc1ccc(OCC(O)CNC(C)c2ccccc2Cl)c(OC)c1. The number of aliphatic hydroxyl groups excluding tert-OH is 1. The van der Waals surface area contributed by atoms with E-state index < -0.39 is 6.10 Å². The summed E-state index contributed by atoms with van der Waals surface area (Å²) in [6.07, 6.45) is 1.95. The van der Waals surface area contributed by atoms with Gasteiger partial charge >= 0.3 is 0 Å². The molecule has 2 N–H and O–H groups in total. The molecular formula is C21H26ClNO3. The van der Waals surface area contributed by atoms with Gasteiger partial charge in [-0.2, -0.15) is 0 Å². The third kappa shape index (κ3) is 5.77. The lowest BCUT2D eigenvalue weighted by Crippen LogP contribution is -2.33. The van der Waals surface area contributed by atoms with Crippen molar-refractivity contribution in [3.05, 3.63) is 71.3 Å². The Kier molecular flexibility index (Phi) is 7.98. The standard InChI is InChI=1S/C21H26ClNO3/c1-4-7-16-10-11-20(21(12-16)25-3)26-14-17(24)13-23-15(2)18-8-5-6-9-19(18)22/h4-6,8-12,15,17,23-24H,1,7,13-14H2,2-3H3. The number of hydrogen-bond donors (Lipinski definition) is 2. The Morgan fingerprint density at radius 2 is 2.00 bits per heavy atom. The Morgan fingerprint density at radius 1 is 1.23 bits per heavy atom. The van der Waals surface area contributed by atoms with Gasteiger partial charge in [0.25, 0.3) is 0 Å². The summed E-state index contributed by atoms with van der Waals surface area (Å²) in [5.41, 5.74) is 2.10. The maximum atomic E-state index is 10.2. The van der Waals surface area contributed by atoms with E-state index in [0.717, 1.165) is 17.5 Å². The van der Waals surface area contributed by atoms with E-state index in [1.54, 1.807) is 7.11 Å². The van der Waals surface area contributed by atoms with Gasteiger partial charge in [-0.3, -0.25) is 0 Å². The Hall–Kier alpha value is -2.01. The largest absolute Gasteiger partial charge is 0.493 e. The lowest BCUT2D eigenvalue weighted by Gasteiger charge is -2.19. The molecule has 0 fully saturated rings. The molecule has 0 aromatic heterocycles. The summed E-state index contributed by atoms with van der Waals surface area (Å²) in [6, 6.07) is 13.4. The second-order valence-electron chi connectivity index (χ2n) is 6.09. The third-order valence-corrected chi connectivity index (χ3v) is 4.41. The van der Waals surface area contributed by atoms with Crippen LogP contribution in [0.25, 0.3) is 0 Å². The molecule has 0 radical (unpaired) electrons. The predicted molar refractivity (Wildman–Crippen MR) is 106 cm³/mol. The number of rotatable bonds is 10. The fourth-order valence-electron chi connectivity index (χ4n) is 2.62. The van der Waals surface area contributed by atoms with Gasteiger partial charge in [-0.15, -0.1) is 6.58 Å². The first-order valence-corrected chi connectivity index (χ1v) is 8.99. The quantitative estimate of drug-likeness (QED) is 0.612. The first kappa shape index (κ1) is 20.3. The third-order valence-electron chi connectivity index (χ3n) is 4.07. The zero-order valence-electron chi connectivity index (χ0n) is 15.2. The highest BCUT2D eigenvalue weighted by Crippen LogP contribution is 2.28. The Morgan fingerprint density at radius 3 is 2.69 bits per heavy atom. The van der Waals surface area contributed by atoms with Gasteiger partial charge < -0.3 is 19.9 Å². The summed E-state index contributed by atoms with van der Waals surface area (Å²) in [6.45, 7) is 6.30. The van der Waals surface area contributed by atoms with Crippen molar-refractivity contribution in [2.75, 3.05) is 20.3 Å². The minimum absolute atomic E-state index is 0.0334. The molecule has 2 unspecified atom stereocenters. The smallest absolute Gasteiger partial charge is 0.161 e. The molecule has 140 valence electrons. The normalized spacial score (nSPS) is 13.1. The van der Waals surface area contributed by atoms with E-state index in [1.807, 2.05) is 55.5 Å². The average molecular weight is 376 g/mol. The van der Waals surface area contributed by atoms with Crippen LogP contribution < -0.4 is 14.8 Å². The molecule has 5 heteroatoms. The van der Waals surface area contributed by atoms with E-state index in [-0.39, 0.29) is 12.6 Å². The van der Waals surface area contributed by atoms with Crippen LogP contribution in [0.1, 0.15) is 24.1 Å². The summed E-state index contributed by atoms with van der Waals surface area (Å²) in [7, 11) is 1.60. The summed E-state index contributed by atoms with van der Waals surface area (Å²) < 4.78 is 11.1. The molecule has 0 heterocycles. The van der Waals surface area contributed by atoms with Gasteiger partial charge in [0, 0.05) is 17.6 Å². The van der Waals surface area contributed by atoms with Crippen molar-refractivity contribution in [3.8, 4) is 11.5 Å². The monoisotopic (exact) mass is 375 g/mol. The van der Waals surface area contributed by atoms with Crippen LogP contribution in [0.2, 0.25) is 5.02 Å². The van der Waals surface area contributed by atoms with Crippen molar-refractivity contribution in [1.82, 2.24) is 5.32 Å². The lowest BCUT2D eigenvalue weighted by molar-refractivity contribution is 0.102. The summed E-state index contributed by atoms with van der Waals surface area (Å²) in [5, 5.41) is 14.2. The van der Waals surface area contributed by atoms with Crippen LogP contribution >= 0.6 is 11.6 Å². The number of hydrogen-bond acceptors (Lipinski definition) is 4. The molecule has 4 nitrogen and oxygen atoms in total. The van der Waals surface area contributed by atoms with Crippen LogP contribution in [0.5, 0.6) is 11.5 Å². The van der Waals surface area contributed by atoms with Crippen LogP contribution in [0.4, 0.5) is 0 Å². The fraction of sp³-hybridized carbons (Fsp3) is 0.333. The summed E-state index contributed by atoms with van der Waals surface area (Å²) >= 11 is 6.20. The van der Waals surface area contributed by atoms with Gasteiger partial charge in [-0.05, 0) is 42.7 Å². The summed E-state index contributed by atoms with van der Waals surface area (Å²) in [5.74, 6) is 1.26. The van der Waals surface area contributed by atoms with Gasteiger partial charge in [0.2, 0.25) is 0 Å². The molecule has 2 atom stereocenters. The van der Waals surface area contributed by atoms with Gasteiger partial charge in [0.1, 0.15) is 12.7 Å². The Balaban J connectivity index is 1.86. The number of aliphatic hydroxyl groups is 1. The molecule has 26 heavy (non-hydrogen) atoms.